The lowest BCUT2D eigenvalue weighted by molar-refractivity contribution is -0.384. The zero-order valence-electron chi connectivity index (χ0n) is 15.1. The van der Waals surface area contributed by atoms with Crippen LogP contribution < -0.4 is 15.4 Å². The number of nitrogens with zero attached hydrogens (tertiary/aromatic N) is 1. The van der Waals surface area contributed by atoms with Crippen LogP contribution in [-0.2, 0) is 21.4 Å². The van der Waals surface area contributed by atoms with E-state index in [4.69, 9.17) is 0 Å². The quantitative estimate of drug-likeness (QED) is 0.472. The average Bonchev–Trinajstić information content (AvgIpc) is 2.59. The standard InChI is InChI=1S/C17H18N4O6S/c1-11(22)19-13-5-8-16(20-28(2,26)27)15(9-13)17(23)18-10-12-3-6-14(7-4-12)21(24)25/h3-9,20H,10H2,1-2H3,(H,18,23)(H,19,22). The van der Waals surface area contributed by atoms with Crippen molar-refractivity contribution in [2.24, 2.45) is 0 Å². The normalized spacial score (nSPS) is 10.8. The van der Waals surface area contributed by atoms with Gasteiger partial charge in [-0.15, -0.1) is 0 Å². The molecular weight excluding hydrogens is 388 g/mol. The van der Waals surface area contributed by atoms with Crippen LogP contribution in [0.2, 0.25) is 0 Å². The second kappa shape index (κ2) is 8.48. The summed E-state index contributed by atoms with van der Waals surface area (Å²) in [5.74, 6) is -0.933. The molecule has 0 unspecified atom stereocenters. The highest BCUT2D eigenvalue weighted by Gasteiger charge is 2.16. The molecule has 0 spiro atoms. The van der Waals surface area contributed by atoms with Crippen molar-refractivity contribution in [1.82, 2.24) is 5.32 Å². The van der Waals surface area contributed by atoms with Gasteiger partial charge in [-0.2, -0.15) is 0 Å². The number of benzene rings is 2. The first-order valence-electron chi connectivity index (χ1n) is 7.96. The Morgan fingerprint density at radius 3 is 2.29 bits per heavy atom. The van der Waals surface area contributed by atoms with E-state index in [2.05, 4.69) is 15.4 Å². The molecule has 0 aliphatic heterocycles. The number of carbonyl (C=O) groups is 2. The minimum atomic E-state index is -3.63. The van der Waals surface area contributed by atoms with E-state index in [1.807, 2.05) is 0 Å². The maximum absolute atomic E-state index is 12.6. The number of rotatable bonds is 7. The Kier molecular flexibility index (Phi) is 6.31. The van der Waals surface area contributed by atoms with Crippen molar-refractivity contribution in [3.05, 3.63) is 63.7 Å². The molecule has 0 heterocycles. The van der Waals surface area contributed by atoms with E-state index in [9.17, 15) is 28.1 Å². The smallest absolute Gasteiger partial charge is 0.269 e. The second-order valence-corrected chi connectivity index (χ2v) is 7.67. The first kappa shape index (κ1) is 20.8. The van der Waals surface area contributed by atoms with Gasteiger partial charge in [0.2, 0.25) is 15.9 Å². The van der Waals surface area contributed by atoms with Crippen molar-refractivity contribution >= 4 is 38.9 Å². The summed E-state index contributed by atoms with van der Waals surface area (Å²) < 4.78 is 25.3. The summed E-state index contributed by atoms with van der Waals surface area (Å²) in [5, 5.41) is 15.8. The van der Waals surface area contributed by atoms with E-state index in [0.717, 1.165) is 6.26 Å². The molecule has 0 aliphatic carbocycles. The van der Waals surface area contributed by atoms with Crippen molar-refractivity contribution in [2.75, 3.05) is 16.3 Å². The summed E-state index contributed by atoms with van der Waals surface area (Å²) in [6.45, 7) is 1.37. The summed E-state index contributed by atoms with van der Waals surface area (Å²) in [6, 6.07) is 9.81. The molecule has 0 atom stereocenters. The monoisotopic (exact) mass is 406 g/mol. The number of amides is 2. The highest BCUT2D eigenvalue weighted by molar-refractivity contribution is 7.92. The molecule has 148 valence electrons. The van der Waals surface area contributed by atoms with Crippen molar-refractivity contribution in [1.29, 1.82) is 0 Å². The summed E-state index contributed by atoms with van der Waals surface area (Å²) in [5.41, 5.74) is 0.940. The predicted molar refractivity (Wildman–Crippen MR) is 103 cm³/mol. The second-order valence-electron chi connectivity index (χ2n) is 5.92. The summed E-state index contributed by atoms with van der Waals surface area (Å²) >= 11 is 0. The first-order chi connectivity index (χ1) is 13.0. The van der Waals surface area contributed by atoms with Gasteiger partial charge in [-0.25, -0.2) is 8.42 Å². The molecule has 2 aromatic rings. The van der Waals surface area contributed by atoms with Crippen LogP contribution in [0, 0.1) is 10.1 Å². The number of hydrogen-bond donors (Lipinski definition) is 3. The number of hydrogen-bond acceptors (Lipinski definition) is 6. The molecule has 28 heavy (non-hydrogen) atoms. The summed E-state index contributed by atoms with van der Waals surface area (Å²) in [4.78, 5) is 33.9. The molecule has 0 saturated heterocycles. The van der Waals surface area contributed by atoms with Crippen LogP contribution >= 0.6 is 0 Å². The van der Waals surface area contributed by atoms with Crippen LogP contribution in [0.3, 0.4) is 0 Å². The maximum atomic E-state index is 12.6. The van der Waals surface area contributed by atoms with Gasteiger partial charge in [0.15, 0.2) is 0 Å². The fourth-order valence-corrected chi connectivity index (χ4v) is 2.89. The fraction of sp³-hybridized carbons (Fsp3) is 0.176. The molecule has 0 radical (unpaired) electrons. The number of carbonyl (C=O) groups excluding carboxylic acids is 2. The number of nitrogens with one attached hydrogen (secondary N) is 3. The largest absolute Gasteiger partial charge is 0.348 e. The van der Waals surface area contributed by atoms with Crippen LogP contribution in [0.15, 0.2) is 42.5 Å². The van der Waals surface area contributed by atoms with Gasteiger partial charge in [0, 0.05) is 31.3 Å². The first-order valence-corrected chi connectivity index (χ1v) is 9.85. The van der Waals surface area contributed by atoms with Gasteiger partial charge < -0.3 is 10.6 Å². The van der Waals surface area contributed by atoms with Gasteiger partial charge in [-0.3, -0.25) is 24.4 Å². The predicted octanol–water partition coefficient (Wildman–Crippen LogP) is 1.85. The zero-order valence-corrected chi connectivity index (χ0v) is 15.9. The topological polar surface area (TPSA) is 148 Å². The van der Waals surface area contributed by atoms with E-state index in [0.29, 0.717) is 11.3 Å². The number of non-ortho nitro benzene ring substituents is 1. The fourth-order valence-electron chi connectivity index (χ4n) is 2.31. The number of nitro groups is 1. The third kappa shape index (κ3) is 6.06. The zero-order chi connectivity index (χ0) is 20.9. The Balaban J connectivity index is 2.22. The van der Waals surface area contributed by atoms with Gasteiger partial charge >= 0.3 is 0 Å². The van der Waals surface area contributed by atoms with Crippen LogP contribution in [0.4, 0.5) is 17.1 Å². The molecule has 2 rings (SSSR count). The van der Waals surface area contributed by atoms with Crippen molar-refractivity contribution < 1.29 is 22.9 Å². The number of nitro benzene ring substituents is 1. The van der Waals surface area contributed by atoms with E-state index >= 15 is 0 Å². The van der Waals surface area contributed by atoms with Crippen LogP contribution in [0.25, 0.3) is 0 Å². The highest BCUT2D eigenvalue weighted by Crippen LogP contribution is 2.22. The number of anilines is 2. The van der Waals surface area contributed by atoms with Crippen LogP contribution in [-0.4, -0.2) is 31.4 Å². The lowest BCUT2D eigenvalue weighted by Crippen LogP contribution is -2.25. The Bertz CT molecular complexity index is 1020. The molecule has 10 nitrogen and oxygen atoms in total. The Labute approximate surface area is 161 Å². The molecule has 0 fully saturated rings. The van der Waals surface area contributed by atoms with Crippen molar-refractivity contribution in [2.45, 2.75) is 13.5 Å². The molecule has 2 amide bonds. The van der Waals surface area contributed by atoms with Gasteiger partial charge in [-0.05, 0) is 23.8 Å². The molecule has 0 bridgehead atoms. The van der Waals surface area contributed by atoms with Crippen molar-refractivity contribution in [3.63, 3.8) is 0 Å². The van der Waals surface area contributed by atoms with E-state index in [1.54, 1.807) is 0 Å². The number of sulfonamides is 1. The third-order valence-corrected chi connectivity index (χ3v) is 4.07. The van der Waals surface area contributed by atoms with Gasteiger partial charge in [0.05, 0.1) is 22.4 Å². The highest BCUT2D eigenvalue weighted by atomic mass is 32.2. The SMILES string of the molecule is CC(=O)Nc1ccc(NS(C)(=O)=O)c(C(=O)NCc2ccc([N+](=O)[O-])cc2)c1. The lowest BCUT2D eigenvalue weighted by atomic mass is 10.1. The molecule has 0 saturated carbocycles. The molecule has 0 aromatic heterocycles. The molecule has 3 N–H and O–H groups in total. The maximum Gasteiger partial charge on any atom is 0.269 e. The minimum Gasteiger partial charge on any atom is -0.348 e. The summed E-state index contributed by atoms with van der Waals surface area (Å²) in [7, 11) is -3.63. The Morgan fingerprint density at radius 1 is 1.11 bits per heavy atom. The van der Waals surface area contributed by atoms with Gasteiger partial charge in [0.25, 0.3) is 11.6 Å². The van der Waals surface area contributed by atoms with Crippen LogP contribution in [0.1, 0.15) is 22.8 Å². The van der Waals surface area contributed by atoms with E-state index in [1.165, 1.54) is 49.4 Å². The molecular formula is C17H18N4O6S. The van der Waals surface area contributed by atoms with E-state index < -0.39 is 20.9 Å². The van der Waals surface area contributed by atoms with Gasteiger partial charge in [0.1, 0.15) is 0 Å². The Hall–Kier alpha value is -3.47. The Morgan fingerprint density at radius 2 is 1.75 bits per heavy atom. The molecule has 2 aromatic carbocycles. The molecule has 0 aliphatic rings. The van der Waals surface area contributed by atoms with Crippen molar-refractivity contribution in [3.8, 4) is 0 Å². The van der Waals surface area contributed by atoms with Crippen LogP contribution in [0.5, 0.6) is 0 Å². The summed E-state index contributed by atoms with van der Waals surface area (Å²) in [6.07, 6.45) is 0.952. The third-order valence-electron chi connectivity index (χ3n) is 3.48. The lowest BCUT2D eigenvalue weighted by Gasteiger charge is -2.13. The van der Waals surface area contributed by atoms with Gasteiger partial charge in [-0.1, -0.05) is 12.1 Å². The minimum absolute atomic E-state index is 0.0126. The molecule has 11 heteroatoms. The average molecular weight is 406 g/mol. The van der Waals surface area contributed by atoms with E-state index in [-0.39, 0.29) is 29.4 Å².